The van der Waals surface area contributed by atoms with E-state index in [-0.39, 0.29) is 0 Å². The van der Waals surface area contributed by atoms with Gasteiger partial charge >= 0.3 is 0 Å². The second-order valence-corrected chi connectivity index (χ2v) is 7.83. The molecule has 0 radical (unpaired) electrons. The molecule has 6 heteroatoms. The number of hydrogen-bond donors (Lipinski definition) is 2. The SMILES string of the molecule is Clc1cc2nc(C(=C3CCNCC3)c3ccc(Br)cc3)[nH]c2cc1Cl. The largest absolute Gasteiger partial charge is 0.338 e. The van der Waals surface area contributed by atoms with Crippen molar-refractivity contribution in [3.8, 4) is 0 Å². The molecule has 0 saturated carbocycles. The van der Waals surface area contributed by atoms with Crippen molar-refractivity contribution in [2.45, 2.75) is 12.8 Å². The van der Waals surface area contributed by atoms with Crippen molar-refractivity contribution in [1.82, 2.24) is 15.3 Å². The molecule has 1 aliphatic rings. The van der Waals surface area contributed by atoms with Crippen LogP contribution in [0.2, 0.25) is 10.0 Å². The smallest absolute Gasteiger partial charge is 0.139 e. The molecule has 0 atom stereocenters. The third kappa shape index (κ3) is 3.49. The minimum atomic E-state index is 0.520. The van der Waals surface area contributed by atoms with Gasteiger partial charge in [-0.1, -0.05) is 56.8 Å². The molecule has 4 rings (SSSR count). The third-order valence-corrected chi connectivity index (χ3v) is 5.71. The van der Waals surface area contributed by atoms with Crippen LogP contribution in [0.5, 0.6) is 0 Å². The molecular formula is C19H16BrCl2N3. The Balaban J connectivity index is 1.90. The van der Waals surface area contributed by atoms with E-state index in [4.69, 9.17) is 28.2 Å². The van der Waals surface area contributed by atoms with Gasteiger partial charge in [0.15, 0.2) is 0 Å². The maximum Gasteiger partial charge on any atom is 0.139 e. The van der Waals surface area contributed by atoms with Gasteiger partial charge in [0, 0.05) is 10.0 Å². The van der Waals surface area contributed by atoms with Crippen LogP contribution in [0, 0.1) is 0 Å². The zero-order valence-corrected chi connectivity index (χ0v) is 16.5. The van der Waals surface area contributed by atoms with Crippen molar-refractivity contribution in [2.75, 3.05) is 13.1 Å². The highest BCUT2D eigenvalue weighted by Gasteiger charge is 2.18. The average Bonchev–Trinajstić information content (AvgIpc) is 3.00. The van der Waals surface area contributed by atoms with Crippen LogP contribution in [-0.4, -0.2) is 23.1 Å². The molecule has 1 saturated heterocycles. The first-order valence-electron chi connectivity index (χ1n) is 8.15. The Morgan fingerprint density at radius 3 is 2.40 bits per heavy atom. The Morgan fingerprint density at radius 2 is 1.68 bits per heavy atom. The van der Waals surface area contributed by atoms with Gasteiger partial charge in [-0.25, -0.2) is 4.98 Å². The number of rotatable bonds is 2. The Kier molecular flexibility index (Phi) is 4.87. The minimum Gasteiger partial charge on any atom is -0.338 e. The number of aromatic nitrogens is 2. The van der Waals surface area contributed by atoms with Crippen LogP contribution in [0.15, 0.2) is 46.4 Å². The first-order chi connectivity index (χ1) is 12.1. The number of halogens is 3. The van der Waals surface area contributed by atoms with Crippen molar-refractivity contribution in [1.29, 1.82) is 0 Å². The fourth-order valence-electron chi connectivity index (χ4n) is 3.23. The lowest BCUT2D eigenvalue weighted by molar-refractivity contribution is 0.611. The topological polar surface area (TPSA) is 40.7 Å². The number of H-pyrrole nitrogens is 1. The quantitative estimate of drug-likeness (QED) is 0.531. The van der Waals surface area contributed by atoms with Crippen molar-refractivity contribution in [3.05, 3.63) is 67.9 Å². The summed E-state index contributed by atoms with van der Waals surface area (Å²) in [7, 11) is 0. The molecule has 2 N–H and O–H groups in total. The summed E-state index contributed by atoms with van der Waals surface area (Å²) in [5.74, 6) is 0.868. The van der Waals surface area contributed by atoms with E-state index < -0.39 is 0 Å². The molecular weight excluding hydrogens is 421 g/mol. The standard InChI is InChI=1S/C19H16BrCl2N3/c20-13-3-1-11(2-4-13)18(12-5-7-23-8-6-12)19-24-16-9-14(21)15(22)10-17(16)25-19/h1-4,9-10,23H,5-8H2,(H,24,25). The number of piperidine rings is 1. The fourth-order valence-corrected chi connectivity index (χ4v) is 3.81. The predicted molar refractivity (Wildman–Crippen MR) is 108 cm³/mol. The van der Waals surface area contributed by atoms with Gasteiger partial charge in [-0.2, -0.15) is 0 Å². The van der Waals surface area contributed by atoms with E-state index in [1.807, 2.05) is 12.1 Å². The summed E-state index contributed by atoms with van der Waals surface area (Å²) in [5.41, 5.74) is 5.48. The summed E-state index contributed by atoms with van der Waals surface area (Å²) in [6, 6.07) is 12.0. The number of benzene rings is 2. The normalized spacial score (nSPS) is 14.9. The van der Waals surface area contributed by atoms with Crippen molar-refractivity contribution in [3.63, 3.8) is 0 Å². The maximum atomic E-state index is 6.15. The van der Waals surface area contributed by atoms with Gasteiger partial charge in [-0.15, -0.1) is 0 Å². The van der Waals surface area contributed by atoms with Crippen LogP contribution < -0.4 is 5.32 Å². The van der Waals surface area contributed by atoms with Gasteiger partial charge in [0.2, 0.25) is 0 Å². The zero-order chi connectivity index (χ0) is 17.4. The molecule has 0 unspecified atom stereocenters. The minimum absolute atomic E-state index is 0.520. The maximum absolute atomic E-state index is 6.15. The Labute approximate surface area is 164 Å². The Bertz CT molecular complexity index is 914. The van der Waals surface area contributed by atoms with Crippen LogP contribution in [0.3, 0.4) is 0 Å². The van der Waals surface area contributed by atoms with E-state index in [1.165, 1.54) is 11.1 Å². The van der Waals surface area contributed by atoms with E-state index in [9.17, 15) is 0 Å². The molecule has 0 bridgehead atoms. The molecule has 1 aromatic heterocycles. The zero-order valence-electron chi connectivity index (χ0n) is 13.4. The highest BCUT2D eigenvalue weighted by atomic mass is 79.9. The van der Waals surface area contributed by atoms with Crippen molar-refractivity contribution < 1.29 is 0 Å². The lowest BCUT2D eigenvalue weighted by Gasteiger charge is -2.19. The van der Waals surface area contributed by atoms with E-state index in [0.717, 1.165) is 52.8 Å². The molecule has 25 heavy (non-hydrogen) atoms. The summed E-state index contributed by atoms with van der Waals surface area (Å²) >= 11 is 15.8. The number of fused-ring (bicyclic) bond motifs is 1. The van der Waals surface area contributed by atoms with Crippen LogP contribution in [0.1, 0.15) is 24.2 Å². The summed E-state index contributed by atoms with van der Waals surface area (Å²) in [6.45, 7) is 1.99. The van der Waals surface area contributed by atoms with Gasteiger partial charge in [0.1, 0.15) is 5.82 Å². The summed E-state index contributed by atoms with van der Waals surface area (Å²) in [4.78, 5) is 8.23. The monoisotopic (exact) mass is 435 g/mol. The van der Waals surface area contributed by atoms with Gasteiger partial charge in [-0.05, 0) is 55.8 Å². The first kappa shape index (κ1) is 17.1. The second kappa shape index (κ2) is 7.12. The fraction of sp³-hybridized carbons (Fsp3) is 0.211. The highest BCUT2D eigenvalue weighted by molar-refractivity contribution is 9.10. The van der Waals surface area contributed by atoms with E-state index >= 15 is 0 Å². The molecule has 0 amide bonds. The summed E-state index contributed by atoms with van der Waals surface area (Å²) in [6.07, 6.45) is 2.04. The predicted octanol–water partition coefficient (Wildman–Crippen LogP) is 5.82. The molecule has 3 aromatic rings. The number of imidazole rings is 1. The summed E-state index contributed by atoms with van der Waals surface area (Å²) in [5, 5.41) is 4.47. The van der Waals surface area contributed by atoms with Crippen LogP contribution in [0.25, 0.3) is 16.6 Å². The van der Waals surface area contributed by atoms with Crippen molar-refractivity contribution in [2.24, 2.45) is 0 Å². The molecule has 1 aliphatic heterocycles. The van der Waals surface area contributed by atoms with Gasteiger partial charge in [-0.3, -0.25) is 0 Å². The Hall–Kier alpha value is -1.33. The molecule has 0 spiro atoms. The number of aromatic amines is 1. The van der Waals surface area contributed by atoms with E-state index in [1.54, 1.807) is 0 Å². The highest BCUT2D eigenvalue weighted by Crippen LogP contribution is 2.33. The summed E-state index contributed by atoms with van der Waals surface area (Å²) < 4.78 is 1.06. The molecule has 2 aromatic carbocycles. The number of nitrogens with one attached hydrogen (secondary N) is 2. The van der Waals surface area contributed by atoms with Crippen LogP contribution in [0.4, 0.5) is 0 Å². The average molecular weight is 437 g/mol. The van der Waals surface area contributed by atoms with Crippen molar-refractivity contribution >= 4 is 55.7 Å². The molecule has 3 nitrogen and oxygen atoms in total. The van der Waals surface area contributed by atoms with Crippen LogP contribution in [-0.2, 0) is 0 Å². The van der Waals surface area contributed by atoms with Gasteiger partial charge in [0.05, 0.1) is 21.1 Å². The van der Waals surface area contributed by atoms with Gasteiger partial charge in [0.25, 0.3) is 0 Å². The molecule has 0 aliphatic carbocycles. The molecule has 128 valence electrons. The molecule has 1 fully saturated rings. The van der Waals surface area contributed by atoms with E-state index in [0.29, 0.717) is 10.0 Å². The van der Waals surface area contributed by atoms with E-state index in [2.05, 4.69) is 50.5 Å². The third-order valence-electron chi connectivity index (χ3n) is 4.45. The number of nitrogens with zero attached hydrogens (tertiary/aromatic N) is 1. The van der Waals surface area contributed by atoms with Gasteiger partial charge < -0.3 is 10.3 Å². The number of hydrogen-bond acceptors (Lipinski definition) is 2. The Morgan fingerprint density at radius 1 is 1.00 bits per heavy atom. The first-order valence-corrected chi connectivity index (χ1v) is 9.70. The van der Waals surface area contributed by atoms with Crippen LogP contribution >= 0.6 is 39.1 Å². The lowest BCUT2D eigenvalue weighted by Crippen LogP contribution is -2.24. The molecule has 2 heterocycles. The second-order valence-electron chi connectivity index (χ2n) is 6.10. The lowest BCUT2D eigenvalue weighted by atomic mass is 9.93.